The van der Waals surface area contributed by atoms with E-state index in [0.717, 1.165) is 10.2 Å². The van der Waals surface area contributed by atoms with Gasteiger partial charge in [-0.3, -0.25) is 0 Å². The van der Waals surface area contributed by atoms with E-state index in [-0.39, 0.29) is 5.56 Å². The molecule has 0 unspecified atom stereocenters. The summed E-state index contributed by atoms with van der Waals surface area (Å²) in [7, 11) is 1.30. The van der Waals surface area contributed by atoms with Crippen molar-refractivity contribution in [2.45, 2.75) is 20.5 Å². The number of halogens is 4. The Morgan fingerprint density at radius 1 is 1.00 bits per heavy atom. The lowest BCUT2D eigenvalue weighted by Gasteiger charge is -2.18. The second-order valence-electron chi connectivity index (χ2n) is 8.17. The van der Waals surface area contributed by atoms with Crippen molar-refractivity contribution in [3.05, 3.63) is 98.9 Å². The number of aromatic nitrogens is 1. The number of nitrogens with zero attached hydrogens (tertiary/aromatic N) is 1. The number of anilines is 1. The normalized spacial score (nSPS) is 11.0. The maximum absolute atomic E-state index is 14.2. The van der Waals surface area contributed by atoms with E-state index in [1.54, 1.807) is 37.3 Å². The van der Waals surface area contributed by atoms with Gasteiger partial charge in [-0.2, -0.15) is 0 Å². The maximum Gasteiger partial charge on any atom is 0.338 e. The fourth-order valence-electron chi connectivity index (χ4n) is 3.95. The largest absolute Gasteiger partial charge is 0.488 e. The predicted octanol–water partition coefficient (Wildman–Crippen LogP) is 6.89. The Kier molecular flexibility index (Phi) is 7.12. The van der Waals surface area contributed by atoms with Crippen molar-refractivity contribution < 1.29 is 27.4 Å². The lowest BCUT2D eigenvalue weighted by Crippen LogP contribution is -2.09. The Balaban J connectivity index is 1.81. The van der Waals surface area contributed by atoms with Crippen molar-refractivity contribution in [1.82, 2.24) is 4.57 Å². The van der Waals surface area contributed by atoms with Crippen LogP contribution in [-0.2, 0) is 11.3 Å². The number of carbonyl (C=O) groups excluding carboxylic acids is 1. The van der Waals surface area contributed by atoms with E-state index in [2.05, 4.69) is 15.9 Å². The van der Waals surface area contributed by atoms with Crippen molar-refractivity contribution >= 4 is 27.6 Å². The Labute approximate surface area is 214 Å². The van der Waals surface area contributed by atoms with Crippen LogP contribution in [0.25, 0.3) is 16.9 Å². The average Bonchev–Trinajstić information content (AvgIpc) is 3.21. The number of rotatable bonds is 6. The highest BCUT2D eigenvalue weighted by atomic mass is 79.9. The number of benzene rings is 3. The maximum atomic E-state index is 14.2. The van der Waals surface area contributed by atoms with E-state index in [1.807, 2.05) is 23.6 Å². The van der Waals surface area contributed by atoms with Gasteiger partial charge in [0.05, 0.1) is 23.9 Å². The van der Waals surface area contributed by atoms with Gasteiger partial charge in [0.1, 0.15) is 29.8 Å². The fraction of sp³-hybridized carbons (Fsp3) is 0.148. The molecule has 0 atom stereocenters. The minimum absolute atomic E-state index is 0.333. The molecule has 0 saturated heterocycles. The number of esters is 1. The molecule has 0 aliphatic heterocycles. The summed E-state index contributed by atoms with van der Waals surface area (Å²) in [6.45, 7) is 3.18. The molecular weight excluding hydrogens is 537 g/mol. The molecule has 0 aliphatic rings. The molecule has 0 aliphatic carbocycles. The predicted molar refractivity (Wildman–Crippen MR) is 135 cm³/mol. The van der Waals surface area contributed by atoms with E-state index >= 15 is 0 Å². The number of hydrogen-bond acceptors (Lipinski definition) is 4. The first kappa shape index (κ1) is 25.4. The molecule has 0 spiro atoms. The summed E-state index contributed by atoms with van der Waals surface area (Å²) in [6.07, 6.45) is 0. The Hall–Kier alpha value is -3.72. The zero-order valence-electron chi connectivity index (χ0n) is 19.7. The minimum atomic E-state index is -1.03. The summed E-state index contributed by atoms with van der Waals surface area (Å²) >= 11 is 3.46. The van der Waals surface area contributed by atoms with Crippen LogP contribution in [0.1, 0.15) is 27.2 Å². The first-order valence-electron chi connectivity index (χ1n) is 10.8. The molecule has 2 N–H and O–H groups in total. The van der Waals surface area contributed by atoms with Crippen LogP contribution in [0.4, 0.5) is 18.9 Å². The molecule has 0 fully saturated rings. The molecule has 36 heavy (non-hydrogen) atoms. The van der Waals surface area contributed by atoms with E-state index in [4.69, 9.17) is 15.2 Å². The van der Waals surface area contributed by atoms with Gasteiger partial charge in [0.15, 0.2) is 0 Å². The zero-order chi connectivity index (χ0) is 26.1. The van der Waals surface area contributed by atoms with Crippen molar-refractivity contribution in [3.63, 3.8) is 0 Å². The van der Waals surface area contributed by atoms with E-state index < -0.39 is 30.0 Å². The molecule has 0 amide bonds. The third-order valence-electron chi connectivity index (χ3n) is 5.87. The number of carbonyl (C=O) groups is 1. The van der Waals surface area contributed by atoms with Gasteiger partial charge in [0.25, 0.3) is 0 Å². The lowest BCUT2D eigenvalue weighted by molar-refractivity contribution is 0.0600. The second kappa shape index (κ2) is 10.1. The summed E-state index contributed by atoms with van der Waals surface area (Å²) in [4.78, 5) is 12.3. The van der Waals surface area contributed by atoms with Gasteiger partial charge < -0.3 is 19.8 Å². The Morgan fingerprint density at radius 3 is 2.36 bits per heavy atom. The molecule has 4 aromatic rings. The third-order valence-corrected chi connectivity index (χ3v) is 6.36. The number of nitrogen functional groups attached to an aromatic ring is 1. The quantitative estimate of drug-likeness (QED) is 0.207. The van der Waals surface area contributed by atoms with Crippen molar-refractivity contribution in [1.29, 1.82) is 0 Å². The summed E-state index contributed by atoms with van der Waals surface area (Å²) in [5, 5.41) is 0. The molecule has 0 saturated carbocycles. The number of hydrogen-bond donors (Lipinski definition) is 1. The first-order chi connectivity index (χ1) is 17.1. The molecule has 4 rings (SSSR count). The first-order valence-corrected chi connectivity index (χ1v) is 11.6. The van der Waals surface area contributed by atoms with E-state index in [0.29, 0.717) is 51.6 Å². The minimum Gasteiger partial charge on any atom is -0.488 e. The van der Waals surface area contributed by atoms with Gasteiger partial charge in [0.2, 0.25) is 0 Å². The highest BCUT2D eigenvalue weighted by Gasteiger charge is 2.20. The van der Waals surface area contributed by atoms with Crippen molar-refractivity contribution in [2.75, 3.05) is 12.8 Å². The van der Waals surface area contributed by atoms with Crippen LogP contribution in [0.3, 0.4) is 0 Å². The van der Waals surface area contributed by atoms with E-state index in [1.165, 1.54) is 7.11 Å². The molecule has 9 heteroatoms. The van der Waals surface area contributed by atoms with Crippen LogP contribution in [0.5, 0.6) is 5.75 Å². The molecule has 1 heterocycles. The van der Waals surface area contributed by atoms with Crippen LogP contribution in [0.15, 0.2) is 59.1 Å². The summed E-state index contributed by atoms with van der Waals surface area (Å²) in [5.41, 5.74) is 9.94. The van der Waals surface area contributed by atoms with Gasteiger partial charge in [-0.1, -0.05) is 15.9 Å². The highest BCUT2D eigenvalue weighted by Crippen LogP contribution is 2.37. The molecule has 1 aromatic heterocycles. The van der Waals surface area contributed by atoms with Crippen LogP contribution in [0, 0.1) is 31.3 Å². The van der Waals surface area contributed by atoms with E-state index in [9.17, 15) is 18.0 Å². The zero-order valence-corrected chi connectivity index (χ0v) is 21.3. The monoisotopic (exact) mass is 558 g/mol. The van der Waals surface area contributed by atoms with Gasteiger partial charge >= 0.3 is 5.97 Å². The van der Waals surface area contributed by atoms with Crippen LogP contribution in [-0.4, -0.2) is 17.6 Å². The highest BCUT2D eigenvalue weighted by molar-refractivity contribution is 9.10. The lowest BCUT2D eigenvalue weighted by atomic mass is 10.0. The summed E-state index contributed by atoms with van der Waals surface area (Å²) < 4.78 is 55.0. The third kappa shape index (κ3) is 4.83. The number of nitrogens with two attached hydrogens (primary N) is 1. The average molecular weight is 559 g/mol. The molecule has 0 bridgehead atoms. The molecule has 186 valence electrons. The van der Waals surface area contributed by atoms with Gasteiger partial charge in [-0.05, 0) is 61.9 Å². The van der Waals surface area contributed by atoms with Crippen LogP contribution < -0.4 is 10.5 Å². The van der Waals surface area contributed by atoms with Crippen molar-refractivity contribution in [2.24, 2.45) is 0 Å². The second-order valence-corrected chi connectivity index (χ2v) is 9.09. The Bertz CT molecular complexity index is 1460. The number of aryl methyl sites for hydroxylation is 1. The van der Waals surface area contributed by atoms with Crippen LogP contribution in [0.2, 0.25) is 0 Å². The summed E-state index contributed by atoms with van der Waals surface area (Å²) in [6, 6.07) is 13.6. The smallest absolute Gasteiger partial charge is 0.338 e. The molecule has 0 radical (unpaired) electrons. The summed E-state index contributed by atoms with van der Waals surface area (Å²) in [5.74, 6) is -3.24. The number of ether oxygens (including phenoxy) is 2. The topological polar surface area (TPSA) is 66.5 Å². The van der Waals surface area contributed by atoms with Gasteiger partial charge in [-0.25, -0.2) is 18.0 Å². The van der Waals surface area contributed by atoms with Crippen LogP contribution >= 0.6 is 15.9 Å². The SMILES string of the molecule is COC(=O)c1cc(-n2c(C)ccc2-c2cc(Br)ccc2OCc2c(F)cc(F)cc2F)cc(N)c1C. The molecular formula is C27H22BrF3N2O3. The standard InChI is InChI=1S/C27H22BrF3N2O3/c1-14-4-6-25(33(14)18-11-19(27(34)35-3)15(2)24(32)12-18)20-8-16(28)5-7-26(20)36-13-21-22(30)9-17(29)10-23(21)31/h4-12H,13,32H2,1-3H3. The molecule has 5 nitrogen and oxygen atoms in total. The van der Waals surface area contributed by atoms with Gasteiger partial charge in [-0.15, -0.1) is 0 Å². The fourth-order valence-corrected chi connectivity index (χ4v) is 4.31. The molecule has 3 aromatic carbocycles. The number of methoxy groups -OCH3 is 1. The van der Waals surface area contributed by atoms with Crippen molar-refractivity contribution in [3.8, 4) is 22.7 Å². The van der Waals surface area contributed by atoms with Gasteiger partial charge in [0, 0.05) is 39.2 Å². The Morgan fingerprint density at radius 2 is 1.69 bits per heavy atom.